The Bertz CT molecular complexity index is 739. The molecule has 1 fully saturated rings. The molecule has 0 bridgehead atoms. The van der Waals surface area contributed by atoms with Crippen molar-refractivity contribution in [2.75, 3.05) is 32.4 Å². The average molecular weight is 397 g/mol. The molecule has 1 saturated heterocycles. The fourth-order valence-corrected chi connectivity index (χ4v) is 3.99. The Morgan fingerprint density at radius 1 is 1.15 bits per heavy atom. The zero-order chi connectivity index (χ0) is 19.9. The molecule has 0 radical (unpaired) electrons. The number of carbonyl (C=O) groups excluding carboxylic acids is 1. The van der Waals surface area contributed by atoms with Gasteiger partial charge in [-0.3, -0.25) is 4.79 Å². The normalized spacial score (nSPS) is 17.1. The number of nitrogens with zero attached hydrogens (tertiary/aromatic N) is 2. The van der Waals surface area contributed by atoms with Gasteiger partial charge in [0.15, 0.2) is 0 Å². The van der Waals surface area contributed by atoms with Gasteiger partial charge in [0.2, 0.25) is 10.0 Å². The molecule has 0 aromatic heterocycles. The van der Waals surface area contributed by atoms with Crippen LogP contribution in [-0.4, -0.2) is 73.2 Å². The number of benzene rings is 1. The molecule has 0 spiro atoms. The van der Waals surface area contributed by atoms with E-state index in [-0.39, 0.29) is 25.0 Å². The van der Waals surface area contributed by atoms with Gasteiger partial charge < -0.3 is 15.3 Å². The van der Waals surface area contributed by atoms with Crippen LogP contribution in [0.4, 0.5) is 4.79 Å². The summed E-state index contributed by atoms with van der Waals surface area (Å²) in [5, 5.41) is 11.9. The highest BCUT2D eigenvalue weighted by atomic mass is 32.2. The lowest BCUT2D eigenvalue weighted by molar-refractivity contribution is -0.137. The van der Waals surface area contributed by atoms with Crippen molar-refractivity contribution in [3.8, 4) is 0 Å². The maximum absolute atomic E-state index is 12.7. The summed E-state index contributed by atoms with van der Waals surface area (Å²) >= 11 is 0. The maximum Gasteiger partial charge on any atom is 0.317 e. The summed E-state index contributed by atoms with van der Waals surface area (Å²) in [7, 11) is -3.27. The van der Waals surface area contributed by atoms with Gasteiger partial charge in [-0.05, 0) is 24.8 Å². The lowest BCUT2D eigenvalue weighted by Gasteiger charge is -2.25. The third-order valence-electron chi connectivity index (χ3n) is 4.57. The minimum absolute atomic E-state index is 0.0281. The number of carboxylic acid groups (broad SMARTS) is 1. The SMILES string of the molecule is CS(=O)(=O)N1CCCN(C(=O)NC(CCC(=O)O)Cc2ccccc2)CC1. The van der Waals surface area contributed by atoms with Crippen LogP contribution in [0.25, 0.3) is 0 Å². The molecular formula is C18H27N3O5S. The average Bonchev–Trinajstić information content (AvgIpc) is 2.86. The molecule has 2 N–H and O–H groups in total. The van der Waals surface area contributed by atoms with Crippen LogP contribution in [0.1, 0.15) is 24.8 Å². The Labute approximate surface area is 160 Å². The first-order chi connectivity index (χ1) is 12.8. The third kappa shape index (κ3) is 7.18. The number of urea groups is 1. The van der Waals surface area contributed by atoms with Gasteiger partial charge >= 0.3 is 12.0 Å². The van der Waals surface area contributed by atoms with E-state index >= 15 is 0 Å². The summed E-state index contributed by atoms with van der Waals surface area (Å²) in [5.41, 5.74) is 1.02. The second-order valence-corrected chi connectivity index (χ2v) is 8.75. The van der Waals surface area contributed by atoms with Crippen LogP contribution in [0.15, 0.2) is 30.3 Å². The number of carboxylic acids is 1. The van der Waals surface area contributed by atoms with Crippen molar-refractivity contribution in [2.45, 2.75) is 31.7 Å². The van der Waals surface area contributed by atoms with E-state index in [1.807, 2.05) is 30.3 Å². The Hall–Kier alpha value is -2.13. The Kier molecular flexibility index (Phi) is 7.61. The number of hydrogen-bond acceptors (Lipinski definition) is 4. The van der Waals surface area contributed by atoms with E-state index in [0.29, 0.717) is 38.9 Å². The number of rotatable bonds is 7. The van der Waals surface area contributed by atoms with Crippen LogP contribution in [0.5, 0.6) is 0 Å². The molecule has 2 rings (SSSR count). The molecule has 1 aliphatic heterocycles. The second-order valence-electron chi connectivity index (χ2n) is 6.77. The van der Waals surface area contributed by atoms with Crippen molar-refractivity contribution in [3.63, 3.8) is 0 Å². The molecule has 0 aliphatic carbocycles. The standard InChI is InChI=1S/C18H27N3O5S/c1-27(25,26)21-11-5-10-20(12-13-21)18(24)19-16(8-9-17(22)23)14-15-6-3-2-4-7-15/h2-4,6-7,16H,5,8-14H2,1H3,(H,19,24)(H,22,23). The number of hydrogen-bond donors (Lipinski definition) is 2. The molecule has 1 atom stereocenters. The highest BCUT2D eigenvalue weighted by Gasteiger charge is 2.25. The first-order valence-corrected chi connectivity index (χ1v) is 10.9. The van der Waals surface area contributed by atoms with Gasteiger partial charge in [-0.2, -0.15) is 0 Å². The molecule has 0 saturated carbocycles. The molecule has 150 valence electrons. The number of nitrogens with one attached hydrogen (secondary N) is 1. The van der Waals surface area contributed by atoms with Crippen LogP contribution in [0.3, 0.4) is 0 Å². The van der Waals surface area contributed by atoms with E-state index in [4.69, 9.17) is 5.11 Å². The predicted octanol–water partition coefficient (Wildman–Crippen LogP) is 1.14. The molecule has 1 aliphatic rings. The van der Waals surface area contributed by atoms with Crippen LogP contribution >= 0.6 is 0 Å². The molecule has 8 nitrogen and oxygen atoms in total. The van der Waals surface area contributed by atoms with Crippen LogP contribution in [0, 0.1) is 0 Å². The third-order valence-corrected chi connectivity index (χ3v) is 5.87. The monoisotopic (exact) mass is 397 g/mol. The Morgan fingerprint density at radius 3 is 2.48 bits per heavy atom. The van der Waals surface area contributed by atoms with Crippen LogP contribution < -0.4 is 5.32 Å². The lowest BCUT2D eigenvalue weighted by atomic mass is 10.0. The van der Waals surface area contributed by atoms with E-state index in [1.54, 1.807) is 4.90 Å². The quantitative estimate of drug-likeness (QED) is 0.717. The van der Waals surface area contributed by atoms with Gasteiger partial charge in [-0.25, -0.2) is 17.5 Å². The summed E-state index contributed by atoms with van der Waals surface area (Å²) in [6.45, 7) is 1.45. The predicted molar refractivity (Wildman–Crippen MR) is 102 cm³/mol. The molecule has 1 aromatic carbocycles. The van der Waals surface area contributed by atoms with Crippen LogP contribution in [0.2, 0.25) is 0 Å². The van der Waals surface area contributed by atoms with Gasteiger partial charge in [0.1, 0.15) is 0 Å². The molecule has 1 heterocycles. The first-order valence-electron chi connectivity index (χ1n) is 9.02. The van der Waals surface area contributed by atoms with Crippen molar-refractivity contribution in [1.29, 1.82) is 0 Å². The molecule has 1 unspecified atom stereocenters. The summed E-state index contributed by atoms with van der Waals surface area (Å²) in [6.07, 6.45) is 2.59. The van der Waals surface area contributed by atoms with E-state index in [9.17, 15) is 18.0 Å². The fourth-order valence-electron chi connectivity index (χ4n) is 3.12. The highest BCUT2D eigenvalue weighted by Crippen LogP contribution is 2.11. The van der Waals surface area contributed by atoms with Crippen molar-refractivity contribution >= 4 is 22.0 Å². The first kappa shape index (κ1) is 21.2. The molecule has 9 heteroatoms. The molecule has 2 amide bonds. The zero-order valence-electron chi connectivity index (χ0n) is 15.5. The van der Waals surface area contributed by atoms with Crippen molar-refractivity contribution in [1.82, 2.24) is 14.5 Å². The lowest BCUT2D eigenvalue weighted by Crippen LogP contribution is -2.47. The van der Waals surface area contributed by atoms with Crippen LogP contribution in [-0.2, 0) is 21.2 Å². The molecule has 1 aromatic rings. The van der Waals surface area contributed by atoms with Gasteiger partial charge in [-0.1, -0.05) is 30.3 Å². The summed E-state index contributed by atoms with van der Waals surface area (Å²) < 4.78 is 24.8. The van der Waals surface area contributed by atoms with Gasteiger partial charge in [0.05, 0.1) is 6.26 Å². The summed E-state index contributed by atoms with van der Waals surface area (Å²) in [4.78, 5) is 25.2. The topological polar surface area (TPSA) is 107 Å². The Morgan fingerprint density at radius 2 is 1.85 bits per heavy atom. The Balaban J connectivity index is 1.98. The minimum Gasteiger partial charge on any atom is -0.481 e. The van der Waals surface area contributed by atoms with Gasteiger partial charge in [0, 0.05) is 38.6 Å². The van der Waals surface area contributed by atoms with E-state index in [0.717, 1.165) is 5.56 Å². The fraction of sp³-hybridized carbons (Fsp3) is 0.556. The molecule has 27 heavy (non-hydrogen) atoms. The second kappa shape index (κ2) is 9.70. The van der Waals surface area contributed by atoms with Crippen molar-refractivity contribution in [2.24, 2.45) is 0 Å². The summed E-state index contributed by atoms with van der Waals surface area (Å²) in [6, 6.07) is 9.01. The van der Waals surface area contributed by atoms with E-state index in [1.165, 1.54) is 10.6 Å². The van der Waals surface area contributed by atoms with Crippen molar-refractivity contribution in [3.05, 3.63) is 35.9 Å². The molecular weight excluding hydrogens is 370 g/mol. The van der Waals surface area contributed by atoms with Gasteiger partial charge in [0.25, 0.3) is 0 Å². The van der Waals surface area contributed by atoms with Crippen molar-refractivity contribution < 1.29 is 23.1 Å². The number of amides is 2. The van der Waals surface area contributed by atoms with E-state index in [2.05, 4.69) is 5.32 Å². The maximum atomic E-state index is 12.7. The minimum atomic E-state index is -3.27. The number of sulfonamides is 1. The smallest absolute Gasteiger partial charge is 0.317 e. The number of aliphatic carboxylic acids is 1. The largest absolute Gasteiger partial charge is 0.481 e. The van der Waals surface area contributed by atoms with Gasteiger partial charge in [-0.15, -0.1) is 0 Å². The number of carbonyl (C=O) groups is 2. The highest BCUT2D eigenvalue weighted by molar-refractivity contribution is 7.88. The van der Waals surface area contributed by atoms with E-state index < -0.39 is 16.0 Å². The summed E-state index contributed by atoms with van der Waals surface area (Å²) in [5.74, 6) is -0.902. The zero-order valence-corrected chi connectivity index (χ0v) is 16.3.